The molecule has 0 amide bonds. The van der Waals surface area contributed by atoms with Crippen molar-refractivity contribution in [2.45, 2.75) is 32.9 Å². The summed E-state index contributed by atoms with van der Waals surface area (Å²) in [5.74, 6) is -0.216. The average Bonchev–Trinajstić information content (AvgIpc) is 2.43. The molecule has 3 heteroatoms. The van der Waals surface area contributed by atoms with E-state index >= 15 is 0 Å². The van der Waals surface area contributed by atoms with Gasteiger partial charge in [0.15, 0.2) is 0 Å². The van der Waals surface area contributed by atoms with Crippen LogP contribution >= 0.6 is 15.9 Å². The van der Waals surface area contributed by atoms with Gasteiger partial charge in [0.1, 0.15) is 5.82 Å². The van der Waals surface area contributed by atoms with Crippen molar-refractivity contribution in [1.29, 1.82) is 0 Å². The first kappa shape index (κ1) is 15.2. The third kappa shape index (κ3) is 3.90. The van der Waals surface area contributed by atoms with Crippen molar-refractivity contribution in [3.05, 3.63) is 69.4 Å². The van der Waals surface area contributed by atoms with Crippen LogP contribution in [0, 0.1) is 12.7 Å². The van der Waals surface area contributed by atoms with Gasteiger partial charge in [0.25, 0.3) is 0 Å². The molecule has 0 saturated heterocycles. The van der Waals surface area contributed by atoms with Crippen LogP contribution < -0.4 is 5.32 Å². The van der Waals surface area contributed by atoms with Crippen LogP contribution in [-0.4, -0.2) is 0 Å². The number of benzene rings is 2. The monoisotopic (exact) mass is 335 g/mol. The summed E-state index contributed by atoms with van der Waals surface area (Å²) < 4.78 is 13.9. The van der Waals surface area contributed by atoms with Gasteiger partial charge in [-0.15, -0.1) is 0 Å². The Bertz CT molecular complexity index is 566. The van der Waals surface area contributed by atoms with Crippen LogP contribution in [-0.2, 0) is 6.54 Å². The highest BCUT2D eigenvalue weighted by Gasteiger charge is 2.09. The molecule has 0 aliphatic rings. The number of halogens is 2. The van der Waals surface area contributed by atoms with Crippen LogP contribution in [0.3, 0.4) is 0 Å². The predicted octanol–water partition coefficient (Wildman–Crippen LogP) is 5.14. The van der Waals surface area contributed by atoms with E-state index in [0.717, 1.165) is 16.5 Å². The Morgan fingerprint density at radius 2 is 1.85 bits per heavy atom. The van der Waals surface area contributed by atoms with E-state index in [1.54, 1.807) is 0 Å². The third-order valence-electron chi connectivity index (χ3n) is 3.44. The van der Waals surface area contributed by atoms with E-state index in [0.29, 0.717) is 12.6 Å². The van der Waals surface area contributed by atoms with Crippen molar-refractivity contribution in [2.75, 3.05) is 0 Å². The van der Waals surface area contributed by atoms with E-state index in [1.165, 1.54) is 23.3 Å². The zero-order valence-electron chi connectivity index (χ0n) is 11.8. The molecule has 0 spiro atoms. The summed E-state index contributed by atoms with van der Waals surface area (Å²) in [5, 5.41) is 3.53. The summed E-state index contributed by atoms with van der Waals surface area (Å²) in [4.78, 5) is 0. The highest BCUT2D eigenvalue weighted by atomic mass is 79.9. The van der Waals surface area contributed by atoms with Crippen molar-refractivity contribution in [3.8, 4) is 0 Å². The quantitative estimate of drug-likeness (QED) is 0.797. The minimum absolute atomic E-state index is 0.216. The fourth-order valence-corrected chi connectivity index (χ4v) is 2.69. The summed E-state index contributed by atoms with van der Waals surface area (Å²) in [6, 6.07) is 13.7. The Morgan fingerprint density at radius 1 is 1.15 bits per heavy atom. The van der Waals surface area contributed by atoms with Gasteiger partial charge in [0.05, 0.1) is 0 Å². The molecule has 0 bridgehead atoms. The maximum atomic E-state index is 13.1. The molecule has 0 fully saturated rings. The van der Waals surface area contributed by atoms with E-state index in [4.69, 9.17) is 0 Å². The normalized spacial score (nSPS) is 12.4. The van der Waals surface area contributed by atoms with E-state index < -0.39 is 0 Å². The zero-order chi connectivity index (χ0) is 14.5. The molecule has 0 aromatic heterocycles. The fraction of sp³-hybridized carbons (Fsp3) is 0.294. The maximum absolute atomic E-state index is 13.1. The maximum Gasteiger partial charge on any atom is 0.124 e. The van der Waals surface area contributed by atoms with Crippen molar-refractivity contribution in [1.82, 2.24) is 5.32 Å². The molecule has 1 atom stereocenters. The summed E-state index contributed by atoms with van der Waals surface area (Å²) >= 11 is 3.40. The van der Waals surface area contributed by atoms with Crippen molar-refractivity contribution >= 4 is 15.9 Å². The van der Waals surface area contributed by atoms with E-state index in [-0.39, 0.29) is 5.82 Å². The minimum Gasteiger partial charge on any atom is -0.306 e. The van der Waals surface area contributed by atoms with Gasteiger partial charge in [0.2, 0.25) is 0 Å². The highest BCUT2D eigenvalue weighted by molar-refractivity contribution is 9.10. The molecular formula is C17H19BrFN. The number of rotatable bonds is 5. The number of nitrogens with one attached hydrogen (secondary N) is 1. The molecule has 1 nitrogen and oxygen atoms in total. The Hall–Kier alpha value is -1.19. The summed E-state index contributed by atoms with van der Waals surface area (Å²) in [6.07, 6.45) is 1.02. The summed E-state index contributed by atoms with van der Waals surface area (Å²) in [5.41, 5.74) is 3.62. The van der Waals surface area contributed by atoms with Crippen LogP contribution in [0.4, 0.5) is 4.39 Å². The van der Waals surface area contributed by atoms with Gasteiger partial charge in [-0.1, -0.05) is 58.7 Å². The van der Waals surface area contributed by atoms with Gasteiger partial charge in [-0.2, -0.15) is 0 Å². The molecule has 1 unspecified atom stereocenters. The second-order valence-corrected chi connectivity index (χ2v) is 5.84. The molecule has 0 heterocycles. The van der Waals surface area contributed by atoms with Crippen LogP contribution in [0.15, 0.2) is 46.9 Å². The van der Waals surface area contributed by atoms with E-state index in [1.807, 2.05) is 6.07 Å². The molecule has 0 saturated carbocycles. The largest absolute Gasteiger partial charge is 0.306 e. The lowest BCUT2D eigenvalue weighted by Crippen LogP contribution is -2.20. The number of hydrogen-bond donors (Lipinski definition) is 1. The van der Waals surface area contributed by atoms with Crippen LogP contribution in [0.5, 0.6) is 0 Å². The topological polar surface area (TPSA) is 12.0 Å². The Balaban J connectivity index is 2.05. The molecule has 0 aliphatic carbocycles. The van der Waals surface area contributed by atoms with E-state index in [9.17, 15) is 4.39 Å². The zero-order valence-corrected chi connectivity index (χ0v) is 13.4. The van der Waals surface area contributed by atoms with E-state index in [2.05, 4.69) is 59.4 Å². The fourth-order valence-electron chi connectivity index (χ4n) is 2.19. The lowest BCUT2D eigenvalue weighted by molar-refractivity contribution is 0.517. The summed E-state index contributed by atoms with van der Waals surface area (Å²) in [7, 11) is 0. The van der Waals surface area contributed by atoms with Crippen molar-refractivity contribution in [2.24, 2.45) is 0 Å². The molecule has 2 aromatic rings. The lowest BCUT2D eigenvalue weighted by Gasteiger charge is -2.18. The molecular weight excluding hydrogens is 317 g/mol. The Kier molecular flexibility index (Phi) is 5.32. The second-order valence-electron chi connectivity index (χ2n) is 4.99. The van der Waals surface area contributed by atoms with Gasteiger partial charge in [-0.25, -0.2) is 4.39 Å². The van der Waals surface area contributed by atoms with Crippen LogP contribution in [0.2, 0.25) is 0 Å². The van der Waals surface area contributed by atoms with Crippen LogP contribution in [0.1, 0.15) is 36.1 Å². The van der Waals surface area contributed by atoms with Crippen molar-refractivity contribution in [3.63, 3.8) is 0 Å². The molecule has 0 aliphatic heterocycles. The average molecular weight is 336 g/mol. The molecule has 0 radical (unpaired) electrons. The molecule has 106 valence electrons. The molecule has 2 aromatic carbocycles. The Labute approximate surface area is 128 Å². The van der Waals surface area contributed by atoms with Gasteiger partial charge < -0.3 is 5.32 Å². The van der Waals surface area contributed by atoms with Gasteiger partial charge in [-0.05, 0) is 36.6 Å². The first-order chi connectivity index (χ1) is 9.60. The van der Waals surface area contributed by atoms with Crippen LogP contribution in [0.25, 0.3) is 0 Å². The first-order valence-corrected chi connectivity index (χ1v) is 7.63. The van der Waals surface area contributed by atoms with Gasteiger partial charge in [0, 0.05) is 17.1 Å². The minimum atomic E-state index is -0.216. The lowest BCUT2D eigenvalue weighted by atomic mass is 10.0. The molecule has 20 heavy (non-hydrogen) atoms. The predicted molar refractivity (Wildman–Crippen MR) is 85.2 cm³/mol. The van der Waals surface area contributed by atoms with Crippen molar-refractivity contribution < 1.29 is 4.39 Å². The number of hydrogen-bond acceptors (Lipinski definition) is 1. The Morgan fingerprint density at radius 3 is 2.45 bits per heavy atom. The standard InChI is InChI=1S/C17H19BrFN/c1-3-17(13-6-4-12(2)5-7-13)20-11-14-8-9-15(19)10-16(14)18/h4-10,17,20H,3,11H2,1-2H3. The molecule has 2 rings (SSSR count). The smallest absolute Gasteiger partial charge is 0.124 e. The van der Waals surface area contributed by atoms with Gasteiger partial charge in [-0.3, -0.25) is 0 Å². The number of aryl methyl sites for hydroxylation is 1. The molecule has 1 N–H and O–H groups in total. The SMILES string of the molecule is CCC(NCc1ccc(F)cc1Br)c1ccc(C)cc1. The summed E-state index contributed by atoms with van der Waals surface area (Å²) in [6.45, 7) is 4.97. The second kappa shape index (κ2) is 7.00. The van der Waals surface area contributed by atoms with Gasteiger partial charge >= 0.3 is 0 Å². The third-order valence-corrected chi connectivity index (χ3v) is 4.18. The first-order valence-electron chi connectivity index (χ1n) is 6.84. The highest BCUT2D eigenvalue weighted by Crippen LogP contribution is 2.21.